The summed E-state index contributed by atoms with van der Waals surface area (Å²) in [5, 5.41) is 4.21. The van der Waals surface area contributed by atoms with Gasteiger partial charge in [0.25, 0.3) is 0 Å². The second-order valence-electron chi connectivity index (χ2n) is 3.81. The topological polar surface area (TPSA) is 43.6 Å². The summed E-state index contributed by atoms with van der Waals surface area (Å²) >= 11 is 5.85. The highest BCUT2D eigenvalue weighted by atomic mass is 35.5. The molecular formula is C13H8ClFN4. The molecule has 0 unspecified atom stereocenters. The van der Waals surface area contributed by atoms with E-state index in [0.29, 0.717) is 17.2 Å². The lowest BCUT2D eigenvalue weighted by atomic mass is 10.3. The summed E-state index contributed by atoms with van der Waals surface area (Å²) in [6.45, 7) is 0. The van der Waals surface area contributed by atoms with E-state index in [-0.39, 0.29) is 11.1 Å². The Morgan fingerprint density at radius 3 is 2.53 bits per heavy atom. The highest BCUT2D eigenvalue weighted by Gasteiger charge is 2.13. The average molecular weight is 275 g/mol. The quantitative estimate of drug-likeness (QED) is 0.721. The molecule has 3 rings (SSSR count). The molecule has 1 aromatic carbocycles. The molecular weight excluding hydrogens is 267 g/mol. The molecule has 0 saturated carbocycles. The fraction of sp³-hybridized carbons (Fsp3) is 0. The molecule has 0 spiro atoms. The fourth-order valence-corrected chi connectivity index (χ4v) is 1.87. The van der Waals surface area contributed by atoms with Gasteiger partial charge in [0.05, 0.1) is 5.69 Å². The first-order chi connectivity index (χ1) is 9.24. The molecule has 19 heavy (non-hydrogen) atoms. The molecule has 2 heterocycles. The molecule has 6 heteroatoms. The monoisotopic (exact) mass is 274 g/mol. The third-order valence-electron chi connectivity index (χ3n) is 2.55. The molecule has 2 aromatic heterocycles. The van der Waals surface area contributed by atoms with Gasteiger partial charge in [0.15, 0.2) is 5.82 Å². The van der Waals surface area contributed by atoms with Crippen LogP contribution in [0.5, 0.6) is 0 Å². The van der Waals surface area contributed by atoms with E-state index < -0.39 is 0 Å². The molecule has 0 aliphatic carbocycles. The van der Waals surface area contributed by atoms with Crippen LogP contribution in [-0.2, 0) is 0 Å². The normalized spacial score (nSPS) is 10.6. The van der Waals surface area contributed by atoms with Crippen LogP contribution in [0.2, 0.25) is 5.28 Å². The van der Waals surface area contributed by atoms with E-state index in [1.54, 1.807) is 24.4 Å². The fourth-order valence-electron chi connectivity index (χ4n) is 1.71. The van der Waals surface area contributed by atoms with Crippen molar-refractivity contribution in [3.63, 3.8) is 0 Å². The Morgan fingerprint density at radius 2 is 1.84 bits per heavy atom. The largest absolute Gasteiger partial charge is 0.253 e. The lowest BCUT2D eigenvalue weighted by molar-refractivity contribution is 0.627. The van der Waals surface area contributed by atoms with Crippen molar-refractivity contribution >= 4 is 11.6 Å². The maximum Gasteiger partial charge on any atom is 0.243 e. The van der Waals surface area contributed by atoms with Crippen LogP contribution in [0, 0.1) is 5.82 Å². The minimum absolute atomic E-state index is 0.116. The molecule has 0 saturated heterocycles. The van der Waals surface area contributed by atoms with Gasteiger partial charge < -0.3 is 0 Å². The van der Waals surface area contributed by atoms with Gasteiger partial charge in [-0.3, -0.25) is 4.98 Å². The van der Waals surface area contributed by atoms with Crippen LogP contribution in [0.15, 0.2) is 48.7 Å². The van der Waals surface area contributed by atoms with Crippen molar-refractivity contribution in [3.8, 4) is 17.2 Å². The van der Waals surface area contributed by atoms with Gasteiger partial charge in [-0.15, -0.1) is 5.10 Å². The van der Waals surface area contributed by atoms with E-state index in [2.05, 4.69) is 15.1 Å². The van der Waals surface area contributed by atoms with Crippen molar-refractivity contribution in [3.05, 3.63) is 59.8 Å². The van der Waals surface area contributed by atoms with Crippen LogP contribution in [0.3, 0.4) is 0 Å². The molecule has 0 aliphatic heterocycles. The maximum absolute atomic E-state index is 12.9. The molecule has 0 aliphatic rings. The summed E-state index contributed by atoms with van der Waals surface area (Å²) in [6.07, 6.45) is 1.66. The van der Waals surface area contributed by atoms with E-state index in [0.717, 1.165) is 0 Å². The van der Waals surface area contributed by atoms with E-state index in [1.807, 2.05) is 12.1 Å². The molecule has 94 valence electrons. The van der Waals surface area contributed by atoms with Crippen molar-refractivity contribution in [1.29, 1.82) is 0 Å². The number of nitrogens with zero attached hydrogens (tertiary/aromatic N) is 4. The minimum Gasteiger partial charge on any atom is -0.253 e. The zero-order valence-corrected chi connectivity index (χ0v) is 10.4. The van der Waals surface area contributed by atoms with Gasteiger partial charge in [-0.1, -0.05) is 6.07 Å². The Morgan fingerprint density at radius 1 is 1.05 bits per heavy atom. The summed E-state index contributed by atoms with van der Waals surface area (Å²) in [6, 6.07) is 11.4. The van der Waals surface area contributed by atoms with Crippen molar-refractivity contribution in [2.75, 3.05) is 0 Å². The molecule has 0 amide bonds. The second-order valence-corrected chi connectivity index (χ2v) is 4.15. The van der Waals surface area contributed by atoms with Crippen LogP contribution in [0.25, 0.3) is 17.2 Å². The molecule has 4 nitrogen and oxygen atoms in total. The summed E-state index contributed by atoms with van der Waals surface area (Å²) < 4.78 is 14.5. The maximum atomic E-state index is 12.9. The first-order valence-corrected chi connectivity index (χ1v) is 5.92. The van der Waals surface area contributed by atoms with E-state index in [4.69, 9.17) is 11.6 Å². The zero-order chi connectivity index (χ0) is 13.2. The highest BCUT2D eigenvalue weighted by Crippen LogP contribution is 2.20. The van der Waals surface area contributed by atoms with Crippen LogP contribution < -0.4 is 0 Å². The predicted octanol–water partition coefficient (Wildman–Crippen LogP) is 3.12. The van der Waals surface area contributed by atoms with Gasteiger partial charge >= 0.3 is 0 Å². The van der Waals surface area contributed by atoms with Gasteiger partial charge in [0.2, 0.25) is 5.28 Å². The van der Waals surface area contributed by atoms with Crippen LogP contribution in [0.1, 0.15) is 0 Å². The molecule has 0 radical (unpaired) electrons. The number of pyridine rings is 1. The number of rotatable bonds is 2. The standard InChI is InChI=1S/C13H8ClFN4/c14-13-17-12(11-3-1-2-8-16-11)19(18-13)10-6-4-9(15)5-7-10/h1-8H. The third-order valence-corrected chi connectivity index (χ3v) is 2.71. The second kappa shape index (κ2) is 4.78. The average Bonchev–Trinajstić information content (AvgIpc) is 2.83. The Balaban J connectivity index is 2.15. The van der Waals surface area contributed by atoms with Crippen molar-refractivity contribution in [1.82, 2.24) is 19.7 Å². The Hall–Kier alpha value is -2.27. The summed E-state index contributed by atoms with van der Waals surface area (Å²) in [5.41, 5.74) is 1.31. The van der Waals surface area contributed by atoms with Crippen LogP contribution in [-0.4, -0.2) is 19.7 Å². The van der Waals surface area contributed by atoms with Gasteiger partial charge in [-0.2, -0.15) is 4.98 Å². The molecule has 0 N–H and O–H groups in total. The van der Waals surface area contributed by atoms with E-state index >= 15 is 0 Å². The Kier molecular flexibility index (Phi) is 2.97. The highest BCUT2D eigenvalue weighted by molar-refractivity contribution is 6.28. The van der Waals surface area contributed by atoms with Gasteiger partial charge in [-0.25, -0.2) is 9.07 Å². The van der Waals surface area contributed by atoms with Gasteiger partial charge in [0, 0.05) is 6.20 Å². The first-order valence-electron chi connectivity index (χ1n) is 5.54. The Bertz CT molecular complexity index is 694. The summed E-state index contributed by atoms with van der Waals surface area (Å²) in [4.78, 5) is 8.35. The van der Waals surface area contributed by atoms with Gasteiger partial charge in [0.1, 0.15) is 11.5 Å². The molecule has 3 aromatic rings. The third kappa shape index (κ3) is 2.32. The van der Waals surface area contributed by atoms with Crippen molar-refractivity contribution < 1.29 is 4.39 Å². The number of hydrogen-bond acceptors (Lipinski definition) is 3. The Labute approximate surface area is 113 Å². The smallest absolute Gasteiger partial charge is 0.243 e. The summed E-state index contributed by atoms with van der Waals surface area (Å²) in [5.74, 6) is 0.201. The lowest BCUT2D eigenvalue weighted by Gasteiger charge is -2.04. The zero-order valence-electron chi connectivity index (χ0n) is 9.66. The minimum atomic E-state index is -0.311. The number of benzene rings is 1. The van der Waals surface area contributed by atoms with Crippen LogP contribution in [0.4, 0.5) is 4.39 Å². The van der Waals surface area contributed by atoms with E-state index in [9.17, 15) is 4.39 Å². The predicted molar refractivity (Wildman–Crippen MR) is 69.6 cm³/mol. The van der Waals surface area contributed by atoms with Gasteiger partial charge in [-0.05, 0) is 48.0 Å². The SMILES string of the molecule is Fc1ccc(-n2nc(Cl)nc2-c2ccccn2)cc1. The lowest BCUT2D eigenvalue weighted by Crippen LogP contribution is -2.00. The molecule has 0 fully saturated rings. The number of hydrogen-bond donors (Lipinski definition) is 0. The number of halogens is 2. The van der Waals surface area contributed by atoms with Crippen LogP contribution >= 0.6 is 11.6 Å². The van der Waals surface area contributed by atoms with E-state index in [1.165, 1.54) is 16.8 Å². The number of aromatic nitrogens is 4. The first kappa shape index (κ1) is 11.8. The molecule has 0 atom stereocenters. The molecule has 0 bridgehead atoms. The van der Waals surface area contributed by atoms with Crippen molar-refractivity contribution in [2.24, 2.45) is 0 Å². The summed E-state index contributed by atoms with van der Waals surface area (Å²) in [7, 11) is 0. The van der Waals surface area contributed by atoms with Crippen molar-refractivity contribution in [2.45, 2.75) is 0 Å².